The Morgan fingerprint density at radius 1 is 1.17 bits per heavy atom. The van der Waals surface area contributed by atoms with Gasteiger partial charge in [-0.05, 0) is 69.2 Å². The molecule has 0 bridgehead atoms. The Balaban J connectivity index is 1.61. The van der Waals surface area contributed by atoms with Crippen LogP contribution in [0.25, 0.3) is 0 Å². The van der Waals surface area contributed by atoms with Gasteiger partial charge in [0.05, 0.1) is 11.3 Å². The van der Waals surface area contributed by atoms with Crippen molar-refractivity contribution in [1.82, 2.24) is 9.21 Å². The molecule has 3 aliphatic heterocycles. The van der Waals surface area contributed by atoms with Gasteiger partial charge in [0.1, 0.15) is 0 Å². The molecule has 1 aromatic rings. The quantitative estimate of drug-likeness (QED) is 0.744. The number of rotatable bonds is 5. The standard InChI is InChI=1S/C22H30N2O4S/c1-16-7-9-19(10-8-16)29(27,28)24-14-18-5-3-12-23-13-11-17(4-2-6-21(25)26)20(15-24)22(18)23/h2,4,7-10,17-18,20,22H,3,5-6,11-15H2,1H3,(H,25,26)/b4-2+. The highest BCUT2D eigenvalue weighted by Gasteiger charge is 2.49. The van der Waals surface area contributed by atoms with E-state index in [1.165, 1.54) is 0 Å². The molecule has 3 fully saturated rings. The molecular formula is C22H30N2O4S. The smallest absolute Gasteiger partial charge is 0.307 e. The fraction of sp³-hybridized carbons (Fsp3) is 0.591. The lowest BCUT2D eigenvalue weighted by molar-refractivity contribution is -0.136. The second-order valence-electron chi connectivity index (χ2n) is 8.71. The molecule has 29 heavy (non-hydrogen) atoms. The van der Waals surface area contributed by atoms with Crippen LogP contribution in [0.1, 0.15) is 31.2 Å². The fourth-order valence-corrected chi connectivity index (χ4v) is 7.02. The first-order valence-corrected chi connectivity index (χ1v) is 12.0. The van der Waals surface area contributed by atoms with Crippen LogP contribution in [0, 0.1) is 24.7 Å². The van der Waals surface area contributed by atoms with E-state index in [4.69, 9.17) is 5.11 Å². The lowest BCUT2D eigenvalue weighted by Crippen LogP contribution is -2.63. The van der Waals surface area contributed by atoms with E-state index in [9.17, 15) is 13.2 Å². The maximum atomic E-state index is 13.4. The van der Waals surface area contributed by atoms with Crippen molar-refractivity contribution in [2.24, 2.45) is 17.8 Å². The van der Waals surface area contributed by atoms with Gasteiger partial charge in [-0.15, -0.1) is 0 Å². The highest BCUT2D eigenvalue weighted by atomic mass is 32.2. The van der Waals surface area contributed by atoms with Crippen LogP contribution in [0.2, 0.25) is 0 Å². The van der Waals surface area contributed by atoms with Crippen molar-refractivity contribution in [2.75, 3.05) is 26.2 Å². The van der Waals surface area contributed by atoms with E-state index < -0.39 is 16.0 Å². The van der Waals surface area contributed by atoms with Crippen LogP contribution in [0.4, 0.5) is 0 Å². The van der Waals surface area contributed by atoms with Crippen LogP contribution in [-0.2, 0) is 14.8 Å². The molecule has 1 aromatic carbocycles. The Morgan fingerprint density at radius 2 is 1.93 bits per heavy atom. The number of sulfonamides is 1. The average Bonchev–Trinajstić information content (AvgIpc) is 2.69. The molecule has 158 valence electrons. The summed E-state index contributed by atoms with van der Waals surface area (Å²) in [5, 5.41) is 8.95. The van der Waals surface area contributed by atoms with Crippen LogP contribution in [-0.4, -0.2) is 60.9 Å². The number of nitrogens with zero attached hydrogens (tertiary/aromatic N) is 2. The molecular weight excluding hydrogens is 388 g/mol. The van der Waals surface area contributed by atoms with Crippen molar-refractivity contribution in [3.63, 3.8) is 0 Å². The molecule has 0 amide bonds. The molecule has 3 saturated heterocycles. The van der Waals surface area contributed by atoms with Gasteiger partial charge >= 0.3 is 5.97 Å². The van der Waals surface area contributed by atoms with Gasteiger partial charge in [-0.3, -0.25) is 9.69 Å². The number of aliphatic carboxylic acids is 1. The number of carbonyl (C=O) groups is 1. The number of carboxylic acid groups (broad SMARTS) is 1. The number of aryl methyl sites for hydroxylation is 1. The number of hydrogen-bond donors (Lipinski definition) is 1. The van der Waals surface area contributed by atoms with Gasteiger partial charge in [-0.2, -0.15) is 4.31 Å². The summed E-state index contributed by atoms with van der Waals surface area (Å²) in [5.74, 6) is -0.0415. The van der Waals surface area contributed by atoms with Crippen molar-refractivity contribution in [2.45, 2.75) is 43.5 Å². The molecule has 0 saturated carbocycles. The predicted octanol–water partition coefficient (Wildman–Crippen LogP) is 2.75. The third-order valence-corrected chi connectivity index (χ3v) is 8.70. The molecule has 3 heterocycles. The molecule has 4 unspecified atom stereocenters. The predicted molar refractivity (Wildman–Crippen MR) is 111 cm³/mol. The first kappa shape index (κ1) is 20.6. The Labute approximate surface area is 173 Å². The van der Waals surface area contributed by atoms with Gasteiger partial charge in [0.25, 0.3) is 0 Å². The number of benzene rings is 1. The third kappa shape index (κ3) is 4.13. The lowest BCUT2D eigenvalue weighted by atomic mass is 9.69. The Kier molecular flexibility index (Phi) is 5.82. The van der Waals surface area contributed by atoms with E-state index >= 15 is 0 Å². The first-order valence-electron chi connectivity index (χ1n) is 10.6. The van der Waals surface area contributed by atoms with E-state index in [0.717, 1.165) is 37.9 Å². The average molecular weight is 419 g/mol. The minimum Gasteiger partial charge on any atom is -0.481 e. The summed E-state index contributed by atoms with van der Waals surface area (Å²) < 4.78 is 28.4. The highest BCUT2D eigenvalue weighted by molar-refractivity contribution is 7.89. The van der Waals surface area contributed by atoms with E-state index in [2.05, 4.69) is 4.90 Å². The largest absolute Gasteiger partial charge is 0.481 e. The van der Waals surface area contributed by atoms with E-state index in [0.29, 0.717) is 29.9 Å². The van der Waals surface area contributed by atoms with Gasteiger partial charge in [0.2, 0.25) is 10.0 Å². The van der Waals surface area contributed by atoms with E-state index in [-0.39, 0.29) is 18.3 Å². The molecule has 4 atom stereocenters. The number of allylic oxidation sites excluding steroid dienone is 1. The second-order valence-corrected chi connectivity index (χ2v) is 10.6. The number of carboxylic acids is 1. The van der Waals surface area contributed by atoms with Crippen LogP contribution in [0.3, 0.4) is 0 Å². The minimum atomic E-state index is -3.53. The third-order valence-electron chi connectivity index (χ3n) is 6.85. The van der Waals surface area contributed by atoms with Crippen molar-refractivity contribution in [1.29, 1.82) is 0 Å². The van der Waals surface area contributed by atoms with E-state index in [1.807, 2.05) is 25.1 Å². The summed E-state index contributed by atoms with van der Waals surface area (Å²) in [4.78, 5) is 13.8. The minimum absolute atomic E-state index is 0.0202. The maximum Gasteiger partial charge on any atom is 0.307 e. The molecule has 4 rings (SSSR count). The van der Waals surface area contributed by atoms with Crippen molar-refractivity contribution in [3.05, 3.63) is 42.0 Å². The summed E-state index contributed by atoms with van der Waals surface area (Å²) in [7, 11) is -3.53. The van der Waals surface area contributed by atoms with Crippen LogP contribution in [0.15, 0.2) is 41.3 Å². The van der Waals surface area contributed by atoms with Gasteiger partial charge in [-0.25, -0.2) is 8.42 Å². The molecule has 1 N–H and O–H groups in total. The van der Waals surface area contributed by atoms with Gasteiger partial charge < -0.3 is 5.11 Å². The molecule has 6 nitrogen and oxygen atoms in total. The maximum absolute atomic E-state index is 13.4. The summed E-state index contributed by atoms with van der Waals surface area (Å²) in [6.07, 6.45) is 6.93. The molecule has 7 heteroatoms. The summed E-state index contributed by atoms with van der Waals surface area (Å²) in [5.41, 5.74) is 1.04. The van der Waals surface area contributed by atoms with Gasteiger partial charge in [0, 0.05) is 19.1 Å². The SMILES string of the molecule is Cc1ccc(S(=O)(=O)N2CC3CCCN4CCC(/C=C/CC(=O)O)C(C2)C34)cc1. The zero-order chi connectivity index (χ0) is 20.6. The summed E-state index contributed by atoms with van der Waals surface area (Å²) in [6.45, 7) is 5.16. The molecule has 0 aliphatic carbocycles. The molecule has 0 radical (unpaired) electrons. The Bertz CT molecular complexity index is 881. The van der Waals surface area contributed by atoms with Gasteiger partial charge in [0.15, 0.2) is 0 Å². The summed E-state index contributed by atoms with van der Waals surface area (Å²) >= 11 is 0. The zero-order valence-electron chi connectivity index (χ0n) is 16.9. The van der Waals surface area contributed by atoms with Gasteiger partial charge in [-0.1, -0.05) is 29.8 Å². The Morgan fingerprint density at radius 3 is 2.66 bits per heavy atom. The normalized spacial score (nSPS) is 30.9. The lowest BCUT2D eigenvalue weighted by Gasteiger charge is -2.55. The molecule has 3 aliphatic rings. The second kappa shape index (κ2) is 8.20. The van der Waals surface area contributed by atoms with Crippen LogP contribution < -0.4 is 0 Å². The van der Waals surface area contributed by atoms with E-state index in [1.54, 1.807) is 22.5 Å². The number of piperidine rings is 3. The van der Waals surface area contributed by atoms with Crippen molar-refractivity contribution < 1.29 is 18.3 Å². The fourth-order valence-electron chi connectivity index (χ4n) is 5.49. The zero-order valence-corrected chi connectivity index (χ0v) is 17.7. The number of hydrogen-bond acceptors (Lipinski definition) is 4. The van der Waals surface area contributed by atoms with Crippen molar-refractivity contribution in [3.8, 4) is 0 Å². The highest BCUT2D eigenvalue weighted by Crippen LogP contribution is 2.43. The first-order chi connectivity index (χ1) is 13.9. The van der Waals surface area contributed by atoms with Crippen molar-refractivity contribution >= 4 is 16.0 Å². The Hall–Kier alpha value is -1.70. The van der Waals surface area contributed by atoms with Crippen LogP contribution in [0.5, 0.6) is 0 Å². The summed E-state index contributed by atoms with van der Waals surface area (Å²) in [6, 6.07) is 7.51. The van der Waals surface area contributed by atoms with Crippen LogP contribution >= 0.6 is 0 Å². The topological polar surface area (TPSA) is 77.9 Å². The molecule has 0 spiro atoms. The molecule has 0 aromatic heterocycles. The monoisotopic (exact) mass is 418 g/mol.